The number of anilines is 1. The fraction of sp³-hybridized carbons (Fsp3) is 0.263. The number of esters is 1. The van der Waals surface area contributed by atoms with Crippen molar-refractivity contribution in [2.45, 2.75) is 25.7 Å². The van der Waals surface area contributed by atoms with Gasteiger partial charge in [0.05, 0.1) is 16.1 Å². The van der Waals surface area contributed by atoms with Gasteiger partial charge < -0.3 is 4.74 Å². The Bertz CT molecular complexity index is 947. The summed E-state index contributed by atoms with van der Waals surface area (Å²) in [6.07, 6.45) is 0. The van der Waals surface area contributed by atoms with E-state index in [4.69, 9.17) is 4.74 Å². The minimum absolute atomic E-state index is 0.0277. The lowest BCUT2D eigenvalue weighted by molar-refractivity contribution is -0.129. The number of carbonyl (C=O) groups excluding carboxylic acids is 2. The Labute approximate surface area is 167 Å². The summed E-state index contributed by atoms with van der Waals surface area (Å²) in [5, 5.41) is 0. The quantitative estimate of drug-likeness (QED) is 0.666. The van der Waals surface area contributed by atoms with E-state index in [9.17, 15) is 18.0 Å². The van der Waals surface area contributed by atoms with E-state index in [0.717, 1.165) is 4.47 Å². The van der Waals surface area contributed by atoms with Gasteiger partial charge in [-0.15, -0.1) is 0 Å². The summed E-state index contributed by atoms with van der Waals surface area (Å²) in [6.45, 7) is 4.80. The van der Waals surface area contributed by atoms with Gasteiger partial charge in [-0.2, -0.15) is 0 Å². The van der Waals surface area contributed by atoms with E-state index in [2.05, 4.69) is 20.7 Å². The molecule has 27 heavy (non-hydrogen) atoms. The van der Waals surface area contributed by atoms with Crippen molar-refractivity contribution in [1.82, 2.24) is 0 Å². The van der Waals surface area contributed by atoms with Crippen molar-refractivity contribution in [2.24, 2.45) is 5.41 Å². The predicted octanol–water partition coefficient (Wildman–Crippen LogP) is 4.02. The van der Waals surface area contributed by atoms with Crippen LogP contribution in [0.3, 0.4) is 0 Å². The molecule has 2 aromatic rings. The zero-order chi connectivity index (χ0) is 20.2. The largest absolute Gasteiger partial charge is 0.454 e. The number of ketones is 1. The number of carbonyl (C=O) groups is 2. The van der Waals surface area contributed by atoms with Gasteiger partial charge in [-0.3, -0.25) is 9.52 Å². The normalized spacial score (nSPS) is 11.7. The van der Waals surface area contributed by atoms with E-state index in [1.165, 1.54) is 24.3 Å². The van der Waals surface area contributed by atoms with Crippen LogP contribution in [0.2, 0.25) is 0 Å². The topological polar surface area (TPSA) is 89.5 Å². The Balaban J connectivity index is 2.21. The van der Waals surface area contributed by atoms with E-state index in [-0.39, 0.29) is 28.5 Å². The van der Waals surface area contributed by atoms with Crippen molar-refractivity contribution in [3.63, 3.8) is 0 Å². The summed E-state index contributed by atoms with van der Waals surface area (Å²) in [4.78, 5) is 24.3. The second kappa shape index (κ2) is 8.22. The highest BCUT2D eigenvalue weighted by molar-refractivity contribution is 9.10. The lowest BCUT2D eigenvalue weighted by Gasteiger charge is -2.17. The molecule has 0 atom stereocenters. The molecule has 0 saturated heterocycles. The molecule has 0 aliphatic heterocycles. The summed E-state index contributed by atoms with van der Waals surface area (Å²) >= 11 is 3.25. The fourth-order valence-electron chi connectivity index (χ4n) is 1.99. The Morgan fingerprint density at radius 2 is 1.63 bits per heavy atom. The van der Waals surface area contributed by atoms with Crippen molar-refractivity contribution < 1.29 is 22.7 Å². The molecule has 2 aromatic carbocycles. The average molecular weight is 454 g/mol. The van der Waals surface area contributed by atoms with E-state index in [0.29, 0.717) is 0 Å². The first-order chi connectivity index (χ1) is 12.5. The summed E-state index contributed by atoms with van der Waals surface area (Å²) in [5.41, 5.74) is -0.531. The van der Waals surface area contributed by atoms with Crippen LogP contribution in [-0.4, -0.2) is 26.8 Å². The molecule has 0 aliphatic rings. The molecular weight excluding hydrogens is 434 g/mol. The molecule has 0 aliphatic carbocycles. The molecule has 0 saturated carbocycles. The number of Topliss-reactive ketones (excluding diaryl/α,β-unsaturated/α-hetero) is 1. The molecule has 0 radical (unpaired) electrons. The van der Waals surface area contributed by atoms with Gasteiger partial charge >= 0.3 is 5.97 Å². The number of halogens is 1. The van der Waals surface area contributed by atoms with E-state index in [1.807, 2.05) is 0 Å². The van der Waals surface area contributed by atoms with Gasteiger partial charge in [0.15, 0.2) is 12.4 Å². The van der Waals surface area contributed by atoms with E-state index in [1.54, 1.807) is 45.0 Å². The second-order valence-electron chi connectivity index (χ2n) is 6.85. The highest BCUT2D eigenvalue weighted by Gasteiger charge is 2.24. The maximum absolute atomic E-state index is 12.6. The molecule has 1 N–H and O–H groups in total. The molecule has 0 fully saturated rings. The van der Waals surface area contributed by atoms with Crippen molar-refractivity contribution in [3.8, 4) is 0 Å². The number of hydrogen-bond acceptors (Lipinski definition) is 5. The molecule has 0 aromatic heterocycles. The molecule has 0 bridgehead atoms. The Hall–Kier alpha value is -2.19. The molecule has 6 nitrogen and oxygen atoms in total. The predicted molar refractivity (Wildman–Crippen MR) is 106 cm³/mol. The number of benzene rings is 2. The molecule has 8 heteroatoms. The average Bonchev–Trinajstić information content (AvgIpc) is 2.59. The van der Waals surface area contributed by atoms with Crippen LogP contribution in [0.15, 0.2) is 57.9 Å². The number of sulfonamides is 1. The maximum Gasteiger partial charge on any atom is 0.340 e. The van der Waals surface area contributed by atoms with Crippen LogP contribution in [0.5, 0.6) is 0 Å². The summed E-state index contributed by atoms with van der Waals surface area (Å²) < 4.78 is 33.3. The first-order valence-electron chi connectivity index (χ1n) is 8.08. The van der Waals surface area contributed by atoms with Gasteiger partial charge in [0.25, 0.3) is 10.0 Å². The standard InChI is InChI=1S/C19H20BrNO5S/c1-19(2,3)17(22)12-26-18(23)15-6-4-5-7-16(15)21-27(24,25)14-10-8-13(20)9-11-14/h4-11,21H,12H2,1-3H3. The smallest absolute Gasteiger partial charge is 0.340 e. The minimum Gasteiger partial charge on any atom is -0.454 e. The van der Waals surface area contributed by atoms with Crippen LogP contribution in [0.25, 0.3) is 0 Å². The highest BCUT2D eigenvalue weighted by atomic mass is 79.9. The van der Waals surface area contributed by atoms with Gasteiger partial charge in [0.1, 0.15) is 0 Å². The third-order valence-corrected chi connectivity index (χ3v) is 5.60. The highest BCUT2D eigenvalue weighted by Crippen LogP contribution is 2.22. The third-order valence-electron chi connectivity index (χ3n) is 3.69. The molecule has 0 spiro atoms. The van der Waals surface area contributed by atoms with Gasteiger partial charge in [0, 0.05) is 9.89 Å². The number of rotatable bonds is 6. The van der Waals surface area contributed by atoms with Crippen molar-refractivity contribution in [1.29, 1.82) is 0 Å². The lowest BCUT2D eigenvalue weighted by atomic mass is 9.91. The monoisotopic (exact) mass is 453 g/mol. The van der Waals surface area contributed by atoms with Crippen LogP contribution in [0, 0.1) is 5.41 Å². The first kappa shape index (κ1) is 21.1. The molecular formula is C19H20BrNO5S. The number of ether oxygens (including phenoxy) is 1. The Kier molecular flexibility index (Phi) is 6.43. The maximum atomic E-state index is 12.6. The van der Waals surface area contributed by atoms with Crippen LogP contribution < -0.4 is 4.72 Å². The number of para-hydroxylation sites is 1. The zero-order valence-corrected chi connectivity index (χ0v) is 17.6. The summed E-state index contributed by atoms with van der Waals surface area (Å²) in [6, 6.07) is 12.2. The van der Waals surface area contributed by atoms with Gasteiger partial charge in [0.2, 0.25) is 0 Å². The number of hydrogen-bond donors (Lipinski definition) is 1. The van der Waals surface area contributed by atoms with Gasteiger partial charge in [-0.05, 0) is 36.4 Å². The third kappa shape index (κ3) is 5.64. The van der Waals surface area contributed by atoms with Crippen molar-refractivity contribution >= 4 is 43.4 Å². The molecule has 0 heterocycles. The van der Waals surface area contributed by atoms with Gasteiger partial charge in [-0.1, -0.05) is 48.8 Å². The van der Waals surface area contributed by atoms with Crippen LogP contribution in [0.1, 0.15) is 31.1 Å². The van der Waals surface area contributed by atoms with Crippen molar-refractivity contribution in [2.75, 3.05) is 11.3 Å². The van der Waals surface area contributed by atoms with Gasteiger partial charge in [-0.25, -0.2) is 13.2 Å². The summed E-state index contributed by atoms with van der Waals surface area (Å²) in [5.74, 6) is -1.01. The minimum atomic E-state index is -3.89. The van der Waals surface area contributed by atoms with Crippen LogP contribution in [0.4, 0.5) is 5.69 Å². The molecule has 2 rings (SSSR count). The van der Waals surface area contributed by atoms with E-state index >= 15 is 0 Å². The second-order valence-corrected chi connectivity index (χ2v) is 9.45. The van der Waals surface area contributed by atoms with Crippen molar-refractivity contribution in [3.05, 3.63) is 58.6 Å². The van der Waals surface area contributed by atoms with Crippen LogP contribution in [-0.2, 0) is 19.6 Å². The van der Waals surface area contributed by atoms with Crippen LogP contribution >= 0.6 is 15.9 Å². The lowest BCUT2D eigenvalue weighted by Crippen LogP contribution is -2.26. The zero-order valence-electron chi connectivity index (χ0n) is 15.2. The Morgan fingerprint density at radius 1 is 1.04 bits per heavy atom. The molecule has 0 unspecified atom stereocenters. The molecule has 144 valence electrons. The number of nitrogens with one attached hydrogen (secondary N) is 1. The van der Waals surface area contributed by atoms with E-state index < -0.39 is 21.4 Å². The molecule has 0 amide bonds. The SMILES string of the molecule is CC(C)(C)C(=O)COC(=O)c1ccccc1NS(=O)(=O)c1ccc(Br)cc1. The Morgan fingerprint density at radius 3 is 2.22 bits per heavy atom. The summed E-state index contributed by atoms with van der Waals surface area (Å²) in [7, 11) is -3.89. The fourth-order valence-corrected chi connectivity index (χ4v) is 3.34. The first-order valence-corrected chi connectivity index (χ1v) is 10.4.